The molecule has 2 rings (SSSR count). The molecule has 3 unspecified atom stereocenters. The predicted molar refractivity (Wildman–Crippen MR) is 71.6 cm³/mol. The molecular weight excluding hydrogens is 244 g/mol. The summed E-state index contributed by atoms with van der Waals surface area (Å²) in [5.41, 5.74) is -0.813. The van der Waals surface area contributed by atoms with E-state index in [9.17, 15) is 9.59 Å². The zero-order valence-corrected chi connectivity index (χ0v) is 12.2. The summed E-state index contributed by atoms with van der Waals surface area (Å²) in [5, 5.41) is 2.80. The van der Waals surface area contributed by atoms with E-state index in [-0.39, 0.29) is 30.1 Å². The number of hydrogen-bond acceptors (Lipinski definition) is 3. The van der Waals surface area contributed by atoms with Crippen molar-refractivity contribution < 1.29 is 14.3 Å². The molecule has 2 fully saturated rings. The number of amides is 2. The summed E-state index contributed by atoms with van der Waals surface area (Å²) in [6, 6.07) is -0.361. The van der Waals surface area contributed by atoms with Crippen LogP contribution in [0.3, 0.4) is 0 Å². The molecule has 0 spiro atoms. The first-order valence-corrected chi connectivity index (χ1v) is 7.13. The molecule has 108 valence electrons. The Morgan fingerprint density at radius 1 is 1.37 bits per heavy atom. The smallest absolute Gasteiger partial charge is 0.248 e. The Labute approximate surface area is 114 Å². The third kappa shape index (κ3) is 2.76. The third-order valence-corrected chi connectivity index (χ3v) is 4.02. The summed E-state index contributed by atoms with van der Waals surface area (Å²) >= 11 is 0. The van der Waals surface area contributed by atoms with Crippen LogP contribution in [0.4, 0.5) is 0 Å². The lowest BCUT2D eigenvalue weighted by Crippen LogP contribution is -2.68. The number of hydrogen-bond donors (Lipinski definition) is 1. The first kappa shape index (κ1) is 14.3. The Hall–Kier alpha value is -1.10. The Bertz CT molecular complexity index is 381. The van der Waals surface area contributed by atoms with Gasteiger partial charge in [0.25, 0.3) is 0 Å². The molecule has 0 aromatic carbocycles. The highest BCUT2D eigenvalue weighted by Crippen LogP contribution is 2.25. The van der Waals surface area contributed by atoms with Crippen molar-refractivity contribution >= 4 is 11.8 Å². The van der Waals surface area contributed by atoms with Gasteiger partial charge in [0, 0.05) is 6.54 Å². The van der Waals surface area contributed by atoms with Crippen molar-refractivity contribution in [3.8, 4) is 0 Å². The zero-order valence-electron chi connectivity index (χ0n) is 12.2. The van der Waals surface area contributed by atoms with Crippen LogP contribution in [0.2, 0.25) is 0 Å². The van der Waals surface area contributed by atoms with Gasteiger partial charge in [-0.3, -0.25) is 9.59 Å². The summed E-state index contributed by atoms with van der Waals surface area (Å²) in [4.78, 5) is 26.3. The van der Waals surface area contributed by atoms with E-state index in [4.69, 9.17) is 4.74 Å². The second-order valence-corrected chi connectivity index (χ2v) is 6.14. The van der Waals surface area contributed by atoms with Gasteiger partial charge in [0.05, 0.1) is 12.2 Å². The van der Waals surface area contributed by atoms with Crippen molar-refractivity contribution in [2.45, 2.75) is 70.7 Å². The van der Waals surface area contributed by atoms with Gasteiger partial charge in [-0.15, -0.1) is 0 Å². The van der Waals surface area contributed by atoms with E-state index in [1.54, 1.807) is 18.7 Å². The lowest BCUT2D eigenvalue weighted by atomic mass is 9.95. The number of nitrogens with zero attached hydrogens (tertiary/aromatic N) is 1. The Morgan fingerprint density at radius 3 is 2.58 bits per heavy atom. The Morgan fingerprint density at radius 2 is 2.05 bits per heavy atom. The van der Waals surface area contributed by atoms with Crippen LogP contribution in [0.1, 0.15) is 47.0 Å². The van der Waals surface area contributed by atoms with Gasteiger partial charge in [0.2, 0.25) is 11.8 Å². The number of nitrogens with one attached hydrogen (secondary N) is 1. The average Bonchev–Trinajstić information content (AvgIpc) is 2.71. The number of rotatable bonds is 3. The summed E-state index contributed by atoms with van der Waals surface area (Å²) in [7, 11) is 0. The molecule has 2 amide bonds. The van der Waals surface area contributed by atoms with E-state index in [0.29, 0.717) is 13.0 Å². The molecule has 19 heavy (non-hydrogen) atoms. The largest absolute Gasteiger partial charge is 0.373 e. The van der Waals surface area contributed by atoms with Crippen LogP contribution in [-0.4, -0.2) is 47.0 Å². The normalized spacial score (nSPS) is 34.5. The van der Waals surface area contributed by atoms with E-state index < -0.39 is 5.54 Å². The molecule has 0 aliphatic carbocycles. The topological polar surface area (TPSA) is 58.6 Å². The number of ether oxygens (including phenoxy) is 1. The molecule has 0 radical (unpaired) electrons. The summed E-state index contributed by atoms with van der Waals surface area (Å²) in [6.45, 7) is 8.01. The average molecular weight is 268 g/mol. The monoisotopic (exact) mass is 268 g/mol. The van der Waals surface area contributed by atoms with Crippen molar-refractivity contribution in [1.29, 1.82) is 0 Å². The molecule has 2 aliphatic heterocycles. The first-order chi connectivity index (χ1) is 8.85. The lowest BCUT2D eigenvalue weighted by Gasteiger charge is -2.43. The first-order valence-electron chi connectivity index (χ1n) is 7.13. The molecule has 2 saturated heterocycles. The second-order valence-electron chi connectivity index (χ2n) is 6.14. The quantitative estimate of drug-likeness (QED) is 0.833. The van der Waals surface area contributed by atoms with E-state index in [1.807, 2.05) is 13.8 Å². The molecule has 0 bridgehead atoms. The van der Waals surface area contributed by atoms with Crippen molar-refractivity contribution in [3.05, 3.63) is 0 Å². The molecule has 1 N–H and O–H groups in total. The van der Waals surface area contributed by atoms with Gasteiger partial charge in [-0.1, -0.05) is 6.92 Å². The highest BCUT2D eigenvalue weighted by Gasteiger charge is 2.45. The molecule has 5 heteroatoms. The van der Waals surface area contributed by atoms with E-state index >= 15 is 0 Å². The molecule has 2 heterocycles. The van der Waals surface area contributed by atoms with Crippen LogP contribution in [0.15, 0.2) is 0 Å². The molecule has 5 nitrogen and oxygen atoms in total. The van der Waals surface area contributed by atoms with Gasteiger partial charge in [-0.25, -0.2) is 0 Å². The third-order valence-electron chi connectivity index (χ3n) is 4.02. The minimum atomic E-state index is -0.813. The van der Waals surface area contributed by atoms with Gasteiger partial charge in [-0.2, -0.15) is 0 Å². The van der Waals surface area contributed by atoms with Crippen molar-refractivity contribution in [2.75, 3.05) is 6.54 Å². The van der Waals surface area contributed by atoms with E-state index in [0.717, 1.165) is 12.8 Å². The van der Waals surface area contributed by atoms with Gasteiger partial charge >= 0.3 is 0 Å². The maximum Gasteiger partial charge on any atom is 0.248 e. The van der Waals surface area contributed by atoms with Gasteiger partial charge < -0.3 is 15.0 Å². The second kappa shape index (κ2) is 5.12. The molecular formula is C14H24N2O3. The number of carbonyl (C=O) groups excluding carboxylic acids is 2. The highest BCUT2D eigenvalue weighted by molar-refractivity contribution is 5.99. The SMILES string of the molecule is CCC1C(=O)NC(C)(C)C(=O)N1CC1CCC(C)O1. The van der Waals surface area contributed by atoms with Crippen LogP contribution in [0.5, 0.6) is 0 Å². The van der Waals surface area contributed by atoms with Gasteiger partial charge in [0.1, 0.15) is 11.6 Å². The maximum absolute atomic E-state index is 12.5. The van der Waals surface area contributed by atoms with Crippen LogP contribution in [0, 0.1) is 0 Å². The minimum absolute atomic E-state index is 0.0119. The van der Waals surface area contributed by atoms with Crippen LogP contribution < -0.4 is 5.32 Å². The van der Waals surface area contributed by atoms with E-state index in [2.05, 4.69) is 5.32 Å². The highest BCUT2D eigenvalue weighted by atomic mass is 16.5. The zero-order chi connectivity index (χ0) is 14.2. The van der Waals surface area contributed by atoms with Gasteiger partial charge in [0.15, 0.2) is 0 Å². The summed E-state index contributed by atoms with van der Waals surface area (Å²) in [6.07, 6.45) is 2.94. The summed E-state index contributed by atoms with van der Waals surface area (Å²) in [5.74, 6) is -0.0692. The van der Waals surface area contributed by atoms with Crippen molar-refractivity contribution in [3.63, 3.8) is 0 Å². The molecule has 0 saturated carbocycles. The van der Waals surface area contributed by atoms with Crippen LogP contribution in [-0.2, 0) is 14.3 Å². The Balaban J connectivity index is 2.13. The standard InChI is InChI=1S/C14H24N2O3/c1-5-11-12(17)15-14(3,4)13(18)16(11)8-10-7-6-9(2)19-10/h9-11H,5-8H2,1-4H3,(H,15,17). The van der Waals surface area contributed by atoms with Crippen molar-refractivity contribution in [1.82, 2.24) is 10.2 Å². The van der Waals surface area contributed by atoms with Crippen LogP contribution >= 0.6 is 0 Å². The van der Waals surface area contributed by atoms with Gasteiger partial charge in [-0.05, 0) is 40.0 Å². The maximum atomic E-state index is 12.5. The molecule has 2 aliphatic rings. The predicted octanol–water partition coefficient (Wildman–Crippen LogP) is 1.07. The fraction of sp³-hybridized carbons (Fsp3) is 0.857. The molecule has 0 aromatic heterocycles. The summed E-state index contributed by atoms with van der Waals surface area (Å²) < 4.78 is 5.78. The fourth-order valence-electron chi connectivity index (χ4n) is 2.94. The minimum Gasteiger partial charge on any atom is -0.373 e. The Kier molecular flexibility index (Phi) is 3.85. The molecule has 0 aromatic rings. The molecule has 3 atom stereocenters. The fourth-order valence-corrected chi connectivity index (χ4v) is 2.94. The lowest BCUT2D eigenvalue weighted by molar-refractivity contribution is -0.155. The van der Waals surface area contributed by atoms with E-state index in [1.165, 1.54) is 0 Å². The number of carbonyl (C=O) groups is 2. The van der Waals surface area contributed by atoms with Crippen LogP contribution in [0.25, 0.3) is 0 Å². The number of piperazine rings is 1. The van der Waals surface area contributed by atoms with Crippen molar-refractivity contribution in [2.24, 2.45) is 0 Å².